The maximum absolute atomic E-state index is 12.9. The Labute approximate surface area is 540 Å². The molecular weight excluding hydrogens is 1170 g/mol. The largest absolute Gasteiger partial charge is 0.472 e. The van der Waals surface area contributed by atoms with E-state index in [1.165, 1.54) is 96.3 Å². The first-order valence-corrected chi connectivity index (χ1v) is 37.9. The molecule has 0 rings (SSSR count). The molecule has 0 fully saturated rings. The van der Waals surface area contributed by atoms with E-state index in [4.69, 9.17) is 32.3 Å². The Balaban J connectivity index is 4.54. The van der Waals surface area contributed by atoms with Gasteiger partial charge in [-0.25, -0.2) is 9.13 Å². The minimum Gasteiger partial charge on any atom is -0.463 e. The SMILES string of the molecule is CCCCC/C=C\C/C=C\C/C=C\C/C=C\CCCCCCCCCCCC(=O)OCC(O)COP(=O)(O)OCC(O)COP(=O)(O)OCC(COC(=O)CCCCCCC/C=C\C/C=C\CCCCC)OC(=O)CCCCCCC/C=C\CCCCCC. The molecule has 0 aliphatic heterocycles. The van der Waals surface area contributed by atoms with Gasteiger partial charge in [0.05, 0.1) is 26.4 Å². The third kappa shape index (κ3) is 66.0. The van der Waals surface area contributed by atoms with Crippen molar-refractivity contribution < 1.29 is 75.8 Å². The van der Waals surface area contributed by atoms with Crippen LogP contribution in [0.15, 0.2) is 85.1 Å². The van der Waals surface area contributed by atoms with Gasteiger partial charge in [0.15, 0.2) is 6.10 Å². The number of unbranched alkanes of at least 4 members (excludes halogenated alkanes) is 29. The van der Waals surface area contributed by atoms with Gasteiger partial charge in [-0.2, -0.15) is 0 Å². The fraction of sp³-hybridized carbons (Fsp3) is 0.761. The van der Waals surface area contributed by atoms with Crippen LogP contribution in [0.5, 0.6) is 0 Å². The minimum atomic E-state index is -4.92. The highest BCUT2D eigenvalue weighted by Gasteiger charge is 2.29. The van der Waals surface area contributed by atoms with Gasteiger partial charge in [0.2, 0.25) is 0 Å². The predicted molar refractivity (Wildman–Crippen MR) is 362 cm³/mol. The number of aliphatic hydroxyl groups is 2. The Hall–Kier alpha value is -3.27. The van der Waals surface area contributed by atoms with E-state index >= 15 is 0 Å². The van der Waals surface area contributed by atoms with Crippen molar-refractivity contribution in [2.24, 2.45) is 0 Å². The van der Waals surface area contributed by atoms with Gasteiger partial charge in [-0.15, -0.1) is 0 Å². The van der Waals surface area contributed by atoms with Gasteiger partial charge in [-0.3, -0.25) is 32.5 Å². The lowest BCUT2D eigenvalue weighted by Gasteiger charge is -2.21. The second-order valence-electron chi connectivity index (χ2n) is 23.3. The Kier molecular flexibility index (Phi) is 62.4. The van der Waals surface area contributed by atoms with Crippen LogP contribution in [-0.4, -0.2) is 95.9 Å². The van der Waals surface area contributed by atoms with Crippen molar-refractivity contribution in [1.82, 2.24) is 0 Å². The van der Waals surface area contributed by atoms with Gasteiger partial charge in [-0.05, 0) is 122 Å². The van der Waals surface area contributed by atoms with Crippen molar-refractivity contribution in [3.8, 4) is 0 Å². The summed E-state index contributed by atoms with van der Waals surface area (Å²) in [5, 5.41) is 20.5. The summed E-state index contributed by atoms with van der Waals surface area (Å²) >= 11 is 0. The summed E-state index contributed by atoms with van der Waals surface area (Å²) in [7, 11) is -9.78. The molecule has 0 bridgehead atoms. The van der Waals surface area contributed by atoms with E-state index in [9.17, 15) is 43.5 Å². The molecule has 0 aromatic heterocycles. The maximum Gasteiger partial charge on any atom is 0.472 e. The van der Waals surface area contributed by atoms with E-state index in [-0.39, 0.29) is 19.3 Å². The first-order valence-electron chi connectivity index (χ1n) is 34.9. The van der Waals surface area contributed by atoms with Crippen LogP contribution in [0.25, 0.3) is 0 Å². The highest BCUT2D eigenvalue weighted by atomic mass is 31.2. The molecule has 0 aliphatic rings. The normalized spacial score (nSPS) is 14.7. The zero-order valence-corrected chi connectivity index (χ0v) is 57.6. The van der Waals surface area contributed by atoms with Crippen LogP contribution < -0.4 is 0 Å². The molecule has 0 aromatic carbocycles. The van der Waals surface area contributed by atoms with Crippen LogP contribution in [-0.2, 0) is 55.8 Å². The van der Waals surface area contributed by atoms with Crippen LogP contribution in [0.3, 0.4) is 0 Å². The number of esters is 3. The third-order valence-corrected chi connectivity index (χ3v) is 16.5. The molecule has 0 saturated heterocycles. The highest BCUT2D eigenvalue weighted by molar-refractivity contribution is 7.47. The number of phosphoric acid groups is 2. The second-order valence-corrected chi connectivity index (χ2v) is 26.2. The molecule has 0 spiro atoms. The maximum atomic E-state index is 12.9. The smallest absolute Gasteiger partial charge is 0.463 e. The number of carbonyl (C=O) groups is 3. The lowest BCUT2D eigenvalue weighted by atomic mass is 10.1. The van der Waals surface area contributed by atoms with Gasteiger partial charge in [0.25, 0.3) is 0 Å². The molecule has 0 radical (unpaired) electrons. The Morgan fingerprint density at radius 1 is 0.315 bits per heavy atom. The van der Waals surface area contributed by atoms with Crippen molar-refractivity contribution in [2.75, 3.05) is 39.6 Å². The third-order valence-electron chi connectivity index (χ3n) is 14.6. The van der Waals surface area contributed by atoms with E-state index in [0.717, 1.165) is 135 Å². The molecule has 0 aliphatic carbocycles. The van der Waals surface area contributed by atoms with Gasteiger partial charge in [-0.1, -0.05) is 234 Å². The fourth-order valence-corrected chi connectivity index (χ4v) is 10.8. The number of phosphoric ester groups is 2. The standard InChI is InChI=1S/C71H126O16P2/c1-4-7-10-13-16-19-22-25-27-28-29-30-31-32-33-34-35-36-38-41-42-45-48-51-54-57-69(74)81-60-66(72)61-83-88(77,78)84-62-67(73)63-85-89(79,80)86-65-68(87-71(76)59-56-53-50-47-44-39-24-21-18-15-12-9-6-3)64-82-70(75)58-55-52-49-46-43-40-37-26-23-20-17-14-11-8-5-2/h16-17,19-21,24-27,29-30,32-33,37,66-68,72-73H,4-15,18,22-23,28,31,34-36,38-65H2,1-3H3,(H,77,78)(H,79,80)/b19-16-,20-17-,24-21-,27-25-,30-29-,33-32-,37-26-. The summed E-state index contributed by atoms with van der Waals surface area (Å²) in [6.07, 6.45) is 69.2. The van der Waals surface area contributed by atoms with Crippen LogP contribution in [0.2, 0.25) is 0 Å². The van der Waals surface area contributed by atoms with Gasteiger partial charge >= 0.3 is 33.6 Å². The Bertz CT molecular complexity index is 1970. The monoisotopic (exact) mass is 1300 g/mol. The average molecular weight is 1300 g/mol. The summed E-state index contributed by atoms with van der Waals surface area (Å²) in [6, 6.07) is 0. The van der Waals surface area contributed by atoms with Crippen molar-refractivity contribution in [2.45, 2.75) is 309 Å². The predicted octanol–water partition coefficient (Wildman–Crippen LogP) is 19.3. The molecule has 89 heavy (non-hydrogen) atoms. The van der Waals surface area contributed by atoms with E-state index in [0.29, 0.717) is 19.3 Å². The van der Waals surface area contributed by atoms with Crippen molar-refractivity contribution in [3.05, 3.63) is 85.1 Å². The number of allylic oxidation sites excluding steroid dienone is 14. The average Bonchev–Trinajstić information content (AvgIpc) is 3.70. The summed E-state index contributed by atoms with van der Waals surface area (Å²) in [5.74, 6) is -1.60. The Morgan fingerprint density at radius 2 is 0.562 bits per heavy atom. The summed E-state index contributed by atoms with van der Waals surface area (Å²) < 4.78 is 60.8. The summed E-state index contributed by atoms with van der Waals surface area (Å²) in [4.78, 5) is 58.3. The van der Waals surface area contributed by atoms with Crippen LogP contribution in [0.1, 0.15) is 290 Å². The van der Waals surface area contributed by atoms with E-state index < -0.39 is 91.5 Å². The molecule has 0 aromatic rings. The van der Waals surface area contributed by atoms with Crippen LogP contribution in [0.4, 0.5) is 0 Å². The quantitative estimate of drug-likeness (QED) is 0.0146. The van der Waals surface area contributed by atoms with Gasteiger partial charge in [0, 0.05) is 19.3 Å². The number of hydrogen-bond donors (Lipinski definition) is 4. The topological polar surface area (TPSA) is 231 Å². The van der Waals surface area contributed by atoms with Crippen molar-refractivity contribution in [3.63, 3.8) is 0 Å². The number of aliphatic hydroxyl groups excluding tert-OH is 2. The van der Waals surface area contributed by atoms with Crippen LogP contribution >= 0.6 is 15.6 Å². The molecule has 0 amide bonds. The lowest BCUT2D eigenvalue weighted by Crippen LogP contribution is -2.30. The van der Waals surface area contributed by atoms with Crippen molar-refractivity contribution in [1.29, 1.82) is 0 Å². The molecular formula is C71H126O16P2. The molecule has 0 heterocycles. The fourth-order valence-electron chi connectivity index (χ4n) is 9.17. The first kappa shape index (κ1) is 85.7. The summed E-state index contributed by atoms with van der Waals surface area (Å²) in [6.45, 7) is 2.57. The molecule has 5 unspecified atom stereocenters. The van der Waals surface area contributed by atoms with E-state index in [2.05, 4.69) is 106 Å². The lowest BCUT2D eigenvalue weighted by molar-refractivity contribution is -0.161. The molecule has 16 nitrogen and oxygen atoms in total. The number of rotatable bonds is 66. The molecule has 5 atom stereocenters. The minimum absolute atomic E-state index is 0.0922. The molecule has 516 valence electrons. The number of ether oxygens (including phenoxy) is 3. The second kappa shape index (κ2) is 64.8. The number of carbonyl (C=O) groups excluding carboxylic acids is 3. The van der Waals surface area contributed by atoms with Crippen LogP contribution in [0, 0.1) is 0 Å². The molecule has 18 heteroatoms. The van der Waals surface area contributed by atoms with Gasteiger partial charge in [0.1, 0.15) is 25.4 Å². The zero-order chi connectivity index (χ0) is 65.3. The van der Waals surface area contributed by atoms with E-state index in [1.54, 1.807) is 0 Å². The zero-order valence-electron chi connectivity index (χ0n) is 55.8. The van der Waals surface area contributed by atoms with E-state index in [1.807, 2.05) is 0 Å². The van der Waals surface area contributed by atoms with Crippen molar-refractivity contribution >= 4 is 33.6 Å². The number of hydrogen-bond acceptors (Lipinski definition) is 14. The van der Waals surface area contributed by atoms with Gasteiger partial charge < -0.3 is 34.2 Å². The first-order chi connectivity index (χ1) is 43.2. The Morgan fingerprint density at radius 3 is 0.921 bits per heavy atom. The summed E-state index contributed by atoms with van der Waals surface area (Å²) in [5.41, 5.74) is 0. The highest BCUT2D eigenvalue weighted by Crippen LogP contribution is 2.45. The molecule has 0 saturated carbocycles. The molecule has 4 N–H and O–H groups in total.